The summed E-state index contributed by atoms with van der Waals surface area (Å²) in [7, 11) is 4.03. The molecule has 0 aromatic heterocycles. The second kappa shape index (κ2) is 9.76. The lowest BCUT2D eigenvalue weighted by Crippen LogP contribution is -2.41. The maximum absolute atomic E-state index is 12.5. The molecule has 0 unspecified atom stereocenters. The first-order valence-corrected chi connectivity index (χ1v) is 10.5. The van der Waals surface area contributed by atoms with Crippen molar-refractivity contribution in [3.05, 3.63) is 59.2 Å². The Labute approximate surface area is 179 Å². The minimum Gasteiger partial charge on any atom is -0.378 e. The van der Waals surface area contributed by atoms with Gasteiger partial charge in [0.05, 0.1) is 6.04 Å². The van der Waals surface area contributed by atoms with Crippen LogP contribution >= 0.6 is 0 Å². The van der Waals surface area contributed by atoms with E-state index in [4.69, 9.17) is 0 Å². The summed E-state index contributed by atoms with van der Waals surface area (Å²) >= 11 is 0. The number of likely N-dealkylation sites (tertiary alicyclic amines) is 1. The van der Waals surface area contributed by atoms with E-state index in [9.17, 15) is 9.59 Å². The van der Waals surface area contributed by atoms with E-state index < -0.39 is 11.8 Å². The van der Waals surface area contributed by atoms with Crippen LogP contribution in [-0.2, 0) is 9.59 Å². The molecule has 2 amide bonds. The van der Waals surface area contributed by atoms with Crippen LogP contribution in [0.2, 0.25) is 0 Å². The lowest BCUT2D eigenvalue weighted by atomic mass is 10.0. The van der Waals surface area contributed by atoms with Crippen molar-refractivity contribution in [3.8, 4) is 0 Å². The Morgan fingerprint density at radius 1 is 1.00 bits per heavy atom. The van der Waals surface area contributed by atoms with E-state index in [1.807, 2.05) is 46.1 Å². The van der Waals surface area contributed by atoms with Gasteiger partial charge in [0.15, 0.2) is 0 Å². The molecule has 3 rings (SSSR count). The van der Waals surface area contributed by atoms with Crippen LogP contribution in [0, 0.1) is 13.8 Å². The molecule has 6 nitrogen and oxygen atoms in total. The zero-order valence-corrected chi connectivity index (χ0v) is 18.4. The van der Waals surface area contributed by atoms with E-state index in [0.717, 1.165) is 48.3 Å². The van der Waals surface area contributed by atoms with Gasteiger partial charge in [-0.3, -0.25) is 14.5 Å². The molecule has 6 heteroatoms. The van der Waals surface area contributed by atoms with Crippen LogP contribution < -0.4 is 15.5 Å². The predicted octanol–water partition coefficient (Wildman–Crippen LogP) is 3.26. The van der Waals surface area contributed by atoms with Crippen LogP contribution in [0.15, 0.2) is 42.5 Å². The second-order valence-corrected chi connectivity index (χ2v) is 8.16. The number of benzene rings is 2. The van der Waals surface area contributed by atoms with Crippen LogP contribution in [0.1, 0.15) is 35.6 Å². The van der Waals surface area contributed by atoms with Gasteiger partial charge in [-0.15, -0.1) is 0 Å². The summed E-state index contributed by atoms with van der Waals surface area (Å²) in [4.78, 5) is 29.4. The van der Waals surface area contributed by atoms with Crippen LogP contribution in [-0.4, -0.2) is 50.4 Å². The SMILES string of the molecule is Cc1cccc(NC(=O)C(=O)NC[C@@H](c2ccc(N(C)C)cc2)N2CCCC2)c1C. The Morgan fingerprint density at radius 3 is 2.30 bits per heavy atom. The van der Waals surface area contributed by atoms with E-state index in [0.29, 0.717) is 12.2 Å². The molecule has 1 atom stereocenters. The highest BCUT2D eigenvalue weighted by Gasteiger charge is 2.25. The van der Waals surface area contributed by atoms with Crippen LogP contribution in [0.5, 0.6) is 0 Å². The van der Waals surface area contributed by atoms with Crippen molar-refractivity contribution in [1.29, 1.82) is 0 Å². The average Bonchev–Trinajstić information content (AvgIpc) is 3.26. The van der Waals surface area contributed by atoms with Gasteiger partial charge in [-0.25, -0.2) is 0 Å². The van der Waals surface area contributed by atoms with Crippen molar-refractivity contribution in [1.82, 2.24) is 10.2 Å². The molecule has 1 saturated heterocycles. The molecule has 30 heavy (non-hydrogen) atoms. The van der Waals surface area contributed by atoms with E-state index in [-0.39, 0.29) is 6.04 Å². The molecular formula is C24H32N4O2. The number of carbonyl (C=O) groups excluding carboxylic acids is 2. The summed E-state index contributed by atoms with van der Waals surface area (Å²) in [5, 5.41) is 5.58. The fourth-order valence-electron chi connectivity index (χ4n) is 3.84. The van der Waals surface area contributed by atoms with Crippen molar-refractivity contribution in [3.63, 3.8) is 0 Å². The molecule has 1 fully saturated rings. The second-order valence-electron chi connectivity index (χ2n) is 8.16. The van der Waals surface area contributed by atoms with Gasteiger partial charge in [0.1, 0.15) is 0 Å². The third-order valence-corrected chi connectivity index (χ3v) is 5.89. The molecule has 2 N–H and O–H groups in total. The first-order chi connectivity index (χ1) is 14.4. The Kier molecular flexibility index (Phi) is 7.11. The van der Waals surface area contributed by atoms with Crippen molar-refractivity contribution < 1.29 is 9.59 Å². The first kappa shape index (κ1) is 21.8. The van der Waals surface area contributed by atoms with Crippen LogP contribution in [0.3, 0.4) is 0 Å². The fraction of sp³-hybridized carbons (Fsp3) is 0.417. The van der Waals surface area contributed by atoms with Crippen molar-refractivity contribution in [2.45, 2.75) is 32.7 Å². The number of hydrogen-bond donors (Lipinski definition) is 2. The maximum Gasteiger partial charge on any atom is 0.313 e. The molecule has 0 aliphatic carbocycles. The first-order valence-electron chi connectivity index (χ1n) is 10.5. The Bertz CT molecular complexity index is 887. The molecule has 0 spiro atoms. The molecule has 2 aromatic carbocycles. The summed E-state index contributed by atoms with van der Waals surface area (Å²) in [5.74, 6) is -1.24. The Hall–Kier alpha value is -2.86. The zero-order valence-electron chi connectivity index (χ0n) is 18.4. The standard InChI is InChI=1S/C24H32N4O2/c1-17-8-7-9-21(18(17)2)26-24(30)23(29)25-16-22(28-14-5-6-15-28)19-10-12-20(13-11-19)27(3)4/h7-13,22H,5-6,14-16H2,1-4H3,(H,25,29)(H,26,30)/t22-/m0/s1. The van der Waals surface area contributed by atoms with Gasteiger partial charge < -0.3 is 15.5 Å². The molecular weight excluding hydrogens is 376 g/mol. The normalized spacial score (nSPS) is 14.9. The largest absolute Gasteiger partial charge is 0.378 e. The van der Waals surface area contributed by atoms with Gasteiger partial charge >= 0.3 is 11.8 Å². The molecule has 160 valence electrons. The highest BCUT2D eigenvalue weighted by Crippen LogP contribution is 2.26. The molecule has 0 saturated carbocycles. The number of carbonyl (C=O) groups is 2. The maximum atomic E-state index is 12.5. The number of rotatable bonds is 6. The summed E-state index contributed by atoms with van der Waals surface area (Å²) in [5.41, 5.74) is 5.00. The number of nitrogens with one attached hydrogen (secondary N) is 2. The quantitative estimate of drug-likeness (QED) is 0.720. The smallest absolute Gasteiger partial charge is 0.313 e. The third kappa shape index (κ3) is 5.19. The number of nitrogens with zero attached hydrogens (tertiary/aromatic N) is 2. The Morgan fingerprint density at radius 2 is 1.67 bits per heavy atom. The molecule has 1 aliphatic heterocycles. The minimum atomic E-state index is -0.633. The highest BCUT2D eigenvalue weighted by atomic mass is 16.2. The van der Waals surface area contributed by atoms with E-state index in [1.54, 1.807) is 0 Å². The van der Waals surface area contributed by atoms with E-state index in [1.165, 1.54) is 0 Å². The average molecular weight is 409 g/mol. The topological polar surface area (TPSA) is 64.7 Å². The van der Waals surface area contributed by atoms with Gasteiger partial charge in [0.2, 0.25) is 0 Å². The van der Waals surface area contributed by atoms with Gasteiger partial charge in [0.25, 0.3) is 0 Å². The van der Waals surface area contributed by atoms with Gasteiger partial charge in [-0.2, -0.15) is 0 Å². The van der Waals surface area contributed by atoms with E-state index in [2.05, 4.69) is 44.7 Å². The summed E-state index contributed by atoms with van der Waals surface area (Å²) in [6, 6.07) is 14.1. The Balaban J connectivity index is 1.66. The minimum absolute atomic E-state index is 0.0566. The zero-order chi connectivity index (χ0) is 21.7. The molecule has 2 aromatic rings. The number of anilines is 2. The summed E-state index contributed by atoms with van der Waals surface area (Å²) in [6.45, 7) is 6.33. The van der Waals surface area contributed by atoms with Gasteiger partial charge in [-0.05, 0) is 74.7 Å². The molecule has 0 bridgehead atoms. The monoisotopic (exact) mass is 408 g/mol. The summed E-state index contributed by atoms with van der Waals surface area (Å²) < 4.78 is 0. The van der Waals surface area contributed by atoms with Crippen LogP contribution in [0.25, 0.3) is 0 Å². The lowest BCUT2D eigenvalue weighted by Gasteiger charge is -2.28. The van der Waals surface area contributed by atoms with Crippen molar-refractivity contribution in [2.24, 2.45) is 0 Å². The molecule has 0 radical (unpaired) electrons. The molecule has 1 heterocycles. The van der Waals surface area contributed by atoms with Crippen molar-refractivity contribution in [2.75, 3.05) is 43.9 Å². The number of amides is 2. The van der Waals surface area contributed by atoms with Crippen molar-refractivity contribution >= 4 is 23.2 Å². The lowest BCUT2D eigenvalue weighted by molar-refractivity contribution is -0.136. The molecule has 1 aliphatic rings. The summed E-state index contributed by atoms with van der Waals surface area (Å²) in [6.07, 6.45) is 2.32. The third-order valence-electron chi connectivity index (χ3n) is 5.89. The van der Waals surface area contributed by atoms with Crippen LogP contribution in [0.4, 0.5) is 11.4 Å². The number of hydrogen-bond acceptors (Lipinski definition) is 4. The van der Waals surface area contributed by atoms with Gasteiger partial charge in [-0.1, -0.05) is 24.3 Å². The van der Waals surface area contributed by atoms with E-state index >= 15 is 0 Å². The predicted molar refractivity (Wildman–Crippen MR) is 122 cm³/mol. The highest BCUT2D eigenvalue weighted by molar-refractivity contribution is 6.39. The number of aryl methyl sites for hydroxylation is 1. The van der Waals surface area contributed by atoms with Gasteiger partial charge in [0, 0.05) is 32.0 Å². The fourth-order valence-corrected chi connectivity index (χ4v) is 3.84.